The molecule has 106 valence electrons. The first-order valence-corrected chi connectivity index (χ1v) is 9.57. The van der Waals surface area contributed by atoms with Crippen LogP contribution in [0.1, 0.15) is 24.3 Å². The fourth-order valence-electron chi connectivity index (χ4n) is 2.26. The van der Waals surface area contributed by atoms with Crippen molar-refractivity contribution in [3.63, 3.8) is 0 Å². The molecule has 0 saturated carbocycles. The van der Waals surface area contributed by atoms with E-state index in [0.717, 1.165) is 34.6 Å². The van der Waals surface area contributed by atoms with Crippen LogP contribution in [0.4, 0.5) is 0 Å². The molecule has 5 heteroatoms. The number of hydrogen-bond acceptors (Lipinski definition) is 4. The highest BCUT2D eigenvalue weighted by atomic mass is 79.9. The average Bonchev–Trinajstić information content (AvgIpc) is 3.03. The fourth-order valence-corrected chi connectivity index (χ4v) is 4.49. The zero-order valence-corrected chi connectivity index (χ0v) is 14.5. The maximum Gasteiger partial charge on any atom is 0.129 e. The van der Waals surface area contributed by atoms with Gasteiger partial charge in [-0.3, -0.25) is 0 Å². The summed E-state index contributed by atoms with van der Waals surface area (Å²) in [7, 11) is 0. The van der Waals surface area contributed by atoms with E-state index in [4.69, 9.17) is 4.74 Å². The Bertz CT molecular complexity index is 719. The standard InChI is InChI=1S/C15H16BrNOS2/c1-10-17-14-13(20-10)9-12(11-5-8-19-15(11)14)18-7-4-2-3-6-16/h5,8-9H,2-4,6-7H2,1H3. The van der Waals surface area contributed by atoms with E-state index in [2.05, 4.69) is 45.4 Å². The first kappa shape index (κ1) is 14.3. The first-order valence-electron chi connectivity index (χ1n) is 6.75. The second-order valence-corrected chi connectivity index (χ2v) is 7.66. The van der Waals surface area contributed by atoms with Crippen LogP contribution in [0.5, 0.6) is 5.75 Å². The average molecular weight is 370 g/mol. The number of thiophene rings is 1. The zero-order valence-electron chi connectivity index (χ0n) is 11.3. The number of halogens is 1. The highest BCUT2D eigenvalue weighted by Gasteiger charge is 2.12. The summed E-state index contributed by atoms with van der Waals surface area (Å²) in [5, 5.41) is 5.52. The van der Waals surface area contributed by atoms with E-state index in [1.54, 1.807) is 22.7 Å². The summed E-state index contributed by atoms with van der Waals surface area (Å²) in [6, 6.07) is 4.29. The van der Waals surface area contributed by atoms with Gasteiger partial charge in [-0.05, 0) is 37.6 Å². The number of fused-ring (bicyclic) bond motifs is 3. The molecule has 20 heavy (non-hydrogen) atoms. The van der Waals surface area contributed by atoms with Crippen LogP contribution in [-0.2, 0) is 0 Å². The lowest BCUT2D eigenvalue weighted by Gasteiger charge is -2.07. The van der Waals surface area contributed by atoms with E-state index < -0.39 is 0 Å². The van der Waals surface area contributed by atoms with Crippen LogP contribution in [0, 0.1) is 6.92 Å². The van der Waals surface area contributed by atoms with Crippen molar-refractivity contribution in [3.05, 3.63) is 22.5 Å². The van der Waals surface area contributed by atoms with Crippen molar-refractivity contribution in [3.8, 4) is 5.75 Å². The number of benzene rings is 1. The van der Waals surface area contributed by atoms with Crippen LogP contribution in [0.2, 0.25) is 0 Å². The second kappa shape index (κ2) is 6.41. The number of nitrogens with zero attached hydrogens (tertiary/aromatic N) is 1. The van der Waals surface area contributed by atoms with Crippen LogP contribution < -0.4 is 4.74 Å². The van der Waals surface area contributed by atoms with E-state index in [1.165, 1.54) is 27.6 Å². The molecule has 0 aliphatic heterocycles. The van der Waals surface area contributed by atoms with Crippen LogP contribution >= 0.6 is 38.6 Å². The van der Waals surface area contributed by atoms with Gasteiger partial charge in [0.25, 0.3) is 0 Å². The minimum atomic E-state index is 0.793. The molecular formula is C15H16BrNOS2. The molecule has 2 aromatic heterocycles. The summed E-state index contributed by atoms with van der Waals surface area (Å²) in [6.45, 7) is 2.85. The highest BCUT2D eigenvalue weighted by Crippen LogP contribution is 2.38. The molecule has 0 N–H and O–H groups in total. The van der Waals surface area contributed by atoms with Gasteiger partial charge in [-0.25, -0.2) is 4.98 Å². The van der Waals surface area contributed by atoms with Gasteiger partial charge in [-0.15, -0.1) is 22.7 Å². The molecular weight excluding hydrogens is 354 g/mol. The monoisotopic (exact) mass is 369 g/mol. The molecule has 0 atom stereocenters. The quantitative estimate of drug-likeness (QED) is 0.406. The number of alkyl halides is 1. The van der Waals surface area contributed by atoms with Crippen molar-refractivity contribution >= 4 is 58.9 Å². The van der Waals surface area contributed by atoms with Gasteiger partial charge in [0.1, 0.15) is 5.75 Å². The van der Waals surface area contributed by atoms with Gasteiger partial charge in [-0.1, -0.05) is 15.9 Å². The molecule has 2 nitrogen and oxygen atoms in total. The minimum Gasteiger partial charge on any atom is -0.493 e. The smallest absolute Gasteiger partial charge is 0.129 e. The molecule has 1 aromatic carbocycles. The van der Waals surface area contributed by atoms with Gasteiger partial charge in [-0.2, -0.15) is 0 Å². The summed E-state index contributed by atoms with van der Waals surface area (Å²) in [4.78, 5) is 4.64. The molecule has 0 radical (unpaired) electrons. The Balaban J connectivity index is 1.86. The topological polar surface area (TPSA) is 22.1 Å². The van der Waals surface area contributed by atoms with E-state index >= 15 is 0 Å². The van der Waals surface area contributed by atoms with E-state index in [0.29, 0.717) is 0 Å². The third kappa shape index (κ3) is 2.85. The largest absolute Gasteiger partial charge is 0.493 e. The van der Waals surface area contributed by atoms with E-state index in [-0.39, 0.29) is 0 Å². The van der Waals surface area contributed by atoms with Gasteiger partial charge in [0.15, 0.2) is 0 Å². The molecule has 0 amide bonds. The van der Waals surface area contributed by atoms with Crippen molar-refractivity contribution in [2.75, 3.05) is 11.9 Å². The first-order chi connectivity index (χ1) is 9.79. The van der Waals surface area contributed by atoms with Crippen molar-refractivity contribution in [2.24, 2.45) is 0 Å². The summed E-state index contributed by atoms with van der Waals surface area (Å²) in [6.07, 6.45) is 3.53. The van der Waals surface area contributed by atoms with Crippen LogP contribution in [0.25, 0.3) is 20.3 Å². The Morgan fingerprint density at radius 2 is 2.20 bits per heavy atom. The Labute approximate surface area is 134 Å². The third-order valence-electron chi connectivity index (χ3n) is 3.20. The second-order valence-electron chi connectivity index (χ2n) is 4.72. The van der Waals surface area contributed by atoms with Crippen LogP contribution in [0.3, 0.4) is 0 Å². The van der Waals surface area contributed by atoms with Gasteiger partial charge >= 0.3 is 0 Å². The SMILES string of the molecule is Cc1nc2c(cc(OCCCCCBr)c3ccsc32)s1. The molecule has 0 aliphatic rings. The third-order valence-corrected chi connectivity index (χ3v) is 5.60. The molecule has 0 bridgehead atoms. The van der Waals surface area contributed by atoms with Gasteiger partial charge in [0.2, 0.25) is 0 Å². The minimum absolute atomic E-state index is 0.793. The zero-order chi connectivity index (χ0) is 13.9. The van der Waals surface area contributed by atoms with E-state index in [1.807, 2.05) is 0 Å². The van der Waals surface area contributed by atoms with Crippen molar-refractivity contribution < 1.29 is 4.74 Å². The Morgan fingerprint density at radius 1 is 1.30 bits per heavy atom. The van der Waals surface area contributed by atoms with Gasteiger partial charge < -0.3 is 4.74 Å². The number of aryl methyl sites for hydroxylation is 1. The van der Waals surface area contributed by atoms with E-state index in [9.17, 15) is 0 Å². The van der Waals surface area contributed by atoms with Crippen molar-refractivity contribution in [2.45, 2.75) is 26.2 Å². The van der Waals surface area contributed by atoms with Crippen molar-refractivity contribution in [1.29, 1.82) is 0 Å². The lowest BCUT2D eigenvalue weighted by molar-refractivity contribution is 0.310. The number of unbranched alkanes of at least 4 members (excludes halogenated alkanes) is 2. The predicted octanol–water partition coefficient (Wildman–Crippen LogP) is 5.76. The predicted molar refractivity (Wildman–Crippen MR) is 92.9 cm³/mol. The van der Waals surface area contributed by atoms with Gasteiger partial charge in [0, 0.05) is 16.8 Å². The molecule has 0 unspecified atom stereocenters. The molecule has 0 saturated heterocycles. The normalized spacial score (nSPS) is 11.5. The summed E-state index contributed by atoms with van der Waals surface area (Å²) in [5.74, 6) is 1.01. The molecule has 0 fully saturated rings. The molecule has 0 aliphatic carbocycles. The maximum atomic E-state index is 6.01. The summed E-state index contributed by atoms with van der Waals surface area (Å²) < 4.78 is 8.49. The molecule has 3 aromatic rings. The lowest BCUT2D eigenvalue weighted by atomic mass is 10.2. The fraction of sp³-hybridized carbons (Fsp3) is 0.400. The van der Waals surface area contributed by atoms with Gasteiger partial charge in [0.05, 0.1) is 26.5 Å². The number of rotatable bonds is 6. The Hall–Kier alpha value is -0.650. The molecule has 3 rings (SSSR count). The van der Waals surface area contributed by atoms with Crippen LogP contribution in [-0.4, -0.2) is 16.9 Å². The van der Waals surface area contributed by atoms with Crippen molar-refractivity contribution in [1.82, 2.24) is 4.98 Å². The molecule has 2 heterocycles. The summed E-state index contributed by atoms with van der Waals surface area (Å²) >= 11 is 6.95. The van der Waals surface area contributed by atoms with Crippen LogP contribution in [0.15, 0.2) is 17.5 Å². The maximum absolute atomic E-state index is 6.01. The number of thiazole rings is 1. The Morgan fingerprint density at radius 3 is 3.05 bits per heavy atom. The number of aromatic nitrogens is 1. The molecule has 0 spiro atoms. The number of ether oxygens (including phenoxy) is 1. The Kier molecular flexibility index (Phi) is 4.58. The summed E-state index contributed by atoms with van der Waals surface area (Å²) in [5.41, 5.74) is 1.13. The number of hydrogen-bond donors (Lipinski definition) is 0. The lowest BCUT2D eigenvalue weighted by Crippen LogP contribution is -1.97. The highest BCUT2D eigenvalue weighted by molar-refractivity contribution is 9.09.